The van der Waals surface area contributed by atoms with Crippen molar-refractivity contribution in [2.24, 2.45) is 11.8 Å². The molecule has 28 heavy (non-hydrogen) atoms. The fourth-order valence-electron chi connectivity index (χ4n) is 4.40. The van der Waals surface area contributed by atoms with Gasteiger partial charge in [0.05, 0.1) is 18.8 Å². The van der Waals surface area contributed by atoms with Crippen molar-refractivity contribution in [3.8, 4) is 5.75 Å². The van der Waals surface area contributed by atoms with Crippen LogP contribution in [-0.4, -0.2) is 41.4 Å². The van der Waals surface area contributed by atoms with E-state index in [2.05, 4.69) is 12.2 Å². The van der Waals surface area contributed by atoms with Gasteiger partial charge in [0.15, 0.2) is 0 Å². The van der Waals surface area contributed by atoms with Gasteiger partial charge >= 0.3 is 5.97 Å². The number of carboxylic acid groups (broad SMARTS) is 1. The van der Waals surface area contributed by atoms with Gasteiger partial charge in [-0.15, -0.1) is 0 Å². The van der Waals surface area contributed by atoms with E-state index in [9.17, 15) is 4.79 Å². The molecule has 0 aliphatic carbocycles. The molecule has 2 fully saturated rings. The summed E-state index contributed by atoms with van der Waals surface area (Å²) in [7, 11) is 0. The van der Waals surface area contributed by atoms with E-state index < -0.39 is 5.97 Å². The predicted molar refractivity (Wildman–Crippen MR) is 114 cm³/mol. The Morgan fingerprint density at radius 1 is 1.14 bits per heavy atom. The zero-order valence-electron chi connectivity index (χ0n) is 16.5. The van der Waals surface area contributed by atoms with Crippen LogP contribution >= 0.6 is 11.8 Å². The second kappa shape index (κ2) is 11.5. The predicted octanol–water partition coefficient (Wildman–Crippen LogP) is 5.18. The summed E-state index contributed by atoms with van der Waals surface area (Å²) in [4.78, 5) is 10.6. The molecule has 2 aliphatic heterocycles. The van der Waals surface area contributed by atoms with Gasteiger partial charge in [0.1, 0.15) is 5.75 Å². The molecule has 2 saturated heterocycles. The average Bonchev–Trinajstić information content (AvgIpc) is 3.30. The number of unbranched alkanes of at least 4 members (excludes halogenated alkanes) is 1. The van der Waals surface area contributed by atoms with Gasteiger partial charge in [-0.25, -0.2) is 0 Å². The number of thioether (sulfide) groups is 1. The van der Waals surface area contributed by atoms with E-state index in [4.69, 9.17) is 14.6 Å². The van der Waals surface area contributed by atoms with E-state index in [1.807, 2.05) is 42.1 Å². The Morgan fingerprint density at radius 3 is 2.71 bits per heavy atom. The van der Waals surface area contributed by atoms with E-state index in [0.717, 1.165) is 43.1 Å². The number of para-hydroxylation sites is 1. The fraction of sp³-hybridized carbons (Fsp3) is 0.609. The van der Waals surface area contributed by atoms with Crippen molar-refractivity contribution in [1.82, 2.24) is 0 Å². The third-order valence-electron chi connectivity index (χ3n) is 5.76. The summed E-state index contributed by atoms with van der Waals surface area (Å²) >= 11 is 1.97. The molecule has 4 atom stereocenters. The van der Waals surface area contributed by atoms with Crippen molar-refractivity contribution < 1.29 is 19.4 Å². The second-order valence-corrected chi connectivity index (χ2v) is 8.90. The van der Waals surface area contributed by atoms with Crippen molar-refractivity contribution >= 4 is 17.7 Å². The van der Waals surface area contributed by atoms with E-state index in [1.165, 1.54) is 19.3 Å². The molecule has 1 N–H and O–H groups in total. The molecule has 154 valence electrons. The minimum atomic E-state index is -0.707. The van der Waals surface area contributed by atoms with Crippen LogP contribution in [-0.2, 0) is 9.53 Å². The van der Waals surface area contributed by atoms with Crippen LogP contribution < -0.4 is 4.74 Å². The van der Waals surface area contributed by atoms with Crippen LogP contribution in [0.4, 0.5) is 0 Å². The minimum absolute atomic E-state index is 0.259. The molecule has 0 aromatic heterocycles. The van der Waals surface area contributed by atoms with Crippen molar-refractivity contribution in [2.75, 3.05) is 18.1 Å². The molecule has 0 spiro atoms. The normalized spacial score (nSPS) is 26.1. The van der Waals surface area contributed by atoms with Crippen LogP contribution in [0.2, 0.25) is 0 Å². The Balaban J connectivity index is 1.31. The Labute approximate surface area is 172 Å². The number of hydrogen-bond donors (Lipinski definition) is 1. The quantitative estimate of drug-likeness (QED) is 0.362. The van der Waals surface area contributed by atoms with E-state index in [1.54, 1.807) is 0 Å². The zero-order chi connectivity index (χ0) is 19.6. The second-order valence-electron chi connectivity index (χ2n) is 7.67. The molecule has 2 heterocycles. The summed E-state index contributed by atoms with van der Waals surface area (Å²) in [6, 6.07) is 9.99. The number of benzene rings is 1. The van der Waals surface area contributed by atoms with E-state index in [-0.39, 0.29) is 6.42 Å². The summed E-state index contributed by atoms with van der Waals surface area (Å²) in [6.45, 7) is 0.754. The monoisotopic (exact) mass is 404 g/mol. The molecule has 0 unspecified atom stereocenters. The molecular weight excluding hydrogens is 372 g/mol. The summed E-state index contributed by atoms with van der Waals surface area (Å²) in [5, 5.41) is 8.69. The number of ether oxygens (including phenoxy) is 2. The first kappa shape index (κ1) is 21.3. The third-order valence-corrected chi connectivity index (χ3v) is 6.74. The van der Waals surface area contributed by atoms with Crippen molar-refractivity contribution in [2.45, 2.75) is 57.2 Å². The number of allylic oxidation sites excluding steroid dienone is 2. The highest BCUT2D eigenvalue weighted by Gasteiger charge is 2.47. The van der Waals surface area contributed by atoms with Crippen molar-refractivity contribution in [3.05, 3.63) is 42.5 Å². The lowest BCUT2D eigenvalue weighted by Gasteiger charge is -2.27. The van der Waals surface area contributed by atoms with Gasteiger partial charge in [0.2, 0.25) is 0 Å². The molecule has 4 nitrogen and oxygen atoms in total. The highest BCUT2D eigenvalue weighted by molar-refractivity contribution is 7.99. The first-order valence-corrected chi connectivity index (χ1v) is 11.7. The Kier molecular flexibility index (Phi) is 8.74. The van der Waals surface area contributed by atoms with Gasteiger partial charge in [-0.2, -0.15) is 11.8 Å². The van der Waals surface area contributed by atoms with Gasteiger partial charge in [0.25, 0.3) is 0 Å². The van der Waals surface area contributed by atoms with Gasteiger partial charge < -0.3 is 14.6 Å². The summed E-state index contributed by atoms with van der Waals surface area (Å²) < 4.78 is 12.0. The average molecular weight is 405 g/mol. The number of hydrogen-bond acceptors (Lipinski definition) is 4. The number of rotatable bonds is 13. The Bertz CT molecular complexity index is 618. The molecule has 0 amide bonds. The first-order valence-electron chi connectivity index (χ1n) is 10.5. The fourth-order valence-corrected chi connectivity index (χ4v) is 5.24. The molecule has 2 bridgehead atoms. The first-order chi connectivity index (χ1) is 13.7. The van der Waals surface area contributed by atoms with Crippen LogP contribution in [0, 0.1) is 11.8 Å². The lowest BCUT2D eigenvalue weighted by atomic mass is 9.76. The zero-order valence-corrected chi connectivity index (χ0v) is 17.3. The maximum atomic E-state index is 10.6. The van der Waals surface area contributed by atoms with Crippen LogP contribution in [0.3, 0.4) is 0 Å². The molecule has 0 saturated carbocycles. The standard InChI is InChI=1S/C23H32O4S/c24-23(25)11-7-2-1-6-10-19-20(22-13-12-21(19)27-22)14-16-28-17-15-26-18-8-4-3-5-9-18/h1,3-6,8-9,19-22H,2,7,10-17H2,(H,24,25)/b6-1-/t19-,20+,21-,22+/m1/s1. The number of carboxylic acids is 1. The van der Waals surface area contributed by atoms with Crippen LogP contribution in [0.5, 0.6) is 5.75 Å². The van der Waals surface area contributed by atoms with Crippen LogP contribution in [0.1, 0.15) is 44.9 Å². The summed E-state index contributed by atoms with van der Waals surface area (Å²) in [5.74, 6) is 3.72. The van der Waals surface area contributed by atoms with Gasteiger partial charge in [-0.05, 0) is 68.2 Å². The minimum Gasteiger partial charge on any atom is -0.493 e. The highest BCUT2D eigenvalue weighted by Crippen LogP contribution is 2.47. The number of fused-ring (bicyclic) bond motifs is 2. The lowest BCUT2D eigenvalue weighted by molar-refractivity contribution is -0.137. The third kappa shape index (κ3) is 6.56. The maximum Gasteiger partial charge on any atom is 0.303 e. The molecule has 1 aromatic carbocycles. The largest absolute Gasteiger partial charge is 0.493 e. The van der Waals surface area contributed by atoms with Crippen molar-refractivity contribution in [3.63, 3.8) is 0 Å². The topological polar surface area (TPSA) is 55.8 Å². The van der Waals surface area contributed by atoms with Crippen LogP contribution in [0.25, 0.3) is 0 Å². The highest BCUT2D eigenvalue weighted by atomic mass is 32.2. The molecule has 2 aliphatic rings. The smallest absolute Gasteiger partial charge is 0.303 e. The molecule has 1 aromatic rings. The van der Waals surface area contributed by atoms with E-state index >= 15 is 0 Å². The molecule has 5 heteroatoms. The lowest BCUT2D eigenvalue weighted by Crippen LogP contribution is -2.27. The Morgan fingerprint density at radius 2 is 1.93 bits per heavy atom. The van der Waals surface area contributed by atoms with Gasteiger partial charge in [-0.3, -0.25) is 4.79 Å². The SMILES string of the molecule is O=C(O)CCC/C=C\C[C@@H]1[C@H](CCSCCOc2ccccc2)[C@@H]2CC[C@H]1O2. The number of carbonyl (C=O) groups is 1. The van der Waals surface area contributed by atoms with Crippen molar-refractivity contribution in [1.29, 1.82) is 0 Å². The Hall–Kier alpha value is -1.46. The molecule has 0 radical (unpaired) electrons. The maximum absolute atomic E-state index is 10.6. The van der Waals surface area contributed by atoms with E-state index in [0.29, 0.717) is 24.0 Å². The number of aliphatic carboxylic acids is 1. The molecular formula is C23H32O4S. The molecule has 3 rings (SSSR count). The summed E-state index contributed by atoms with van der Waals surface area (Å²) in [5.41, 5.74) is 0. The van der Waals surface area contributed by atoms with Gasteiger partial charge in [-0.1, -0.05) is 30.4 Å². The summed E-state index contributed by atoms with van der Waals surface area (Å²) in [6.07, 6.45) is 11.9. The van der Waals surface area contributed by atoms with Crippen LogP contribution in [0.15, 0.2) is 42.5 Å². The van der Waals surface area contributed by atoms with Gasteiger partial charge in [0, 0.05) is 12.2 Å².